The van der Waals surface area contributed by atoms with Gasteiger partial charge in [-0.05, 0) is 0 Å². The second kappa shape index (κ2) is 9.16. The number of halogens is 22. The van der Waals surface area contributed by atoms with Crippen molar-refractivity contribution < 1.29 is 92.9 Å². The van der Waals surface area contributed by atoms with Crippen LogP contribution in [0.2, 0.25) is 0 Å². The molecule has 0 aliphatic heterocycles. The van der Waals surface area contributed by atoms with Crippen LogP contribution in [0.5, 0.6) is 0 Å². The lowest BCUT2D eigenvalue weighted by atomic mass is 9.87. The number of alkyl halides is 19. The van der Waals surface area contributed by atoms with Crippen molar-refractivity contribution in [2.24, 2.45) is 0 Å². The largest absolute Gasteiger partial charge is 0.460 e. The van der Waals surface area contributed by atoms with Gasteiger partial charge in [-0.15, -0.1) is 33.2 Å². The highest BCUT2D eigenvalue weighted by Crippen LogP contribution is 2.65. The first kappa shape index (κ1) is 35.2. The quantitative estimate of drug-likeness (QED) is 0.106. The summed E-state index contributed by atoms with van der Waals surface area (Å²) < 4.78 is 252. The lowest BCUT2D eigenvalue weighted by Crippen LogP contribution is -2.76. The summed E-state index contributed by atoms with van der Waals surface area (Å²) in [4.78, 5) is 10.9. The lowest BCUT2D eigenvalue weighted by molar-refractivity contribution is -0.467. The van der Waals surface area contributed by atoms with Crippen LogP contribution >= 0.6 is 33.2 Å². The molecular formula is C11H2Cl3F19O2Si. The minimum Gasteiger partial charge on any atom is -0.460 e. The first-order valence-electron chi connectivity index (χ1n) is 7.46. The van der Waals surface area contributed by atoms with Crippen LogP contribution < -0.4 is 0 Å². The van der Waals surface area contributed by atoms with Gasteiger partial charge < -0.3 is 4.74 Å². The molecule has 0 aromatic carbocycles. The van der Waals surface area contributed by atoms with Crippen LogP contribution in [0, 0.1) is 0 Å². The number of carbonyl (C=O) groups is 1. The van der Waals surface area contributed by atoms with E-state index in [9.17, 15) is 88.2 Å². The molecule has 0 bridgehead atoms. The molecule has 0 aromatic rings. The van der Waals surface area contributed by atoms with Crippen molar-refractivity contribution in [1.29, 1.82) is 0 Å². The smallest absolute Gasteiger partial charge is 0.460 e. The van der Waals surface area contributed by atoms with Gasteiger partial charge in [0.05, 0.1) is 0 Å². The molecule has 0 aromatic heterocycles. The molecule has 0 fully saturated rings. The second-order valence-corrected chi connectivity index (χ2v) is 15.4. The highest BCUT2D eigenvalue weighted by atomic mass is 35.8. The standard InChI is InChI=1S/C11H2Cl3F19O2Si/c12-36(13,14)1-35-2(34)3(15,16)4(17,18)5(19,20)6(21,22)7(23,24)8(25,26)9(27,28)10(29,30)11(31,32)33/h1H2. The van der Waals surface area contributed by atoms with Crippen molar-refractivity contribution >= 4 is 45.2 Å². The minimum atomic E-state index is -9.09. The van der Waals surface area contributed by atoms with E-state index in [1.807, 2.05) is 0 Å². The zero-order chi connectivity index (χ0) is 30.0. The SMILES string of the molecule is O=C(OC[Si](Cl)(Cl)Cl)C(F)(F)C(F)(F)C(F)(F)C(F)(F)C(F)(F)C(F)(F)C(F)(F)C(F)(F)C(F)(F)F. The third-order valence-corrected chi connectivity index (χ3v) is 5.19. The van der Waals surface area contributed by atoms with Gasteiger partial charge in [0, 0.05) is 0 Å². The molecule has 0 spiro atoms. The predicted molar refractivity (Wildman–Crippen MR) is 79.9 cm³/mol. The van der Waals surface area contributed by atoms with Crippen LogP contribution in [0.1, 0.15) is 0 Å². The number of esters is 1. The summed E-state index contributed by atoms with van der Waals surface area (Å²) >= 11 is 14.8. The molecule has 0 radical (unpaired) electrons. The van der Waals surface area contributed by atoms with Crippen molar-refractivity contribution in [3.63, 3.8) is 0 Å². The number of hydrogen-bond acceptors (Lipinski definition) is 2. The van der Waals surface area contributed by atoms with Gasteiger partial charge in [0.2, 0.25) is 0 Å². The van der Waals surface area contributed by atoms with Gasteiger partial charge >= 0.3 is 65.5 Å². The molecule has 0 saturated heterocycles. The Morgan fingerprint density at radius 1 is 0.500 bits per heavy atom. The maximum Gasteiger partial charge on any atom is 0.460 e. The van der Waals surface area contributed by atoms with E-state index in [0.717, 1.165) is 0 Å². The first-order valence-corrected chi connectivity index (χ1v) is 12.7. The van der Waals surface area contributed by atoms with E-state index in [-0.39, 0.29) is 0 Å². The molecule has 0 rings (SSSR count). The molecule has 216 valence electrons. The molecule has 0 saturated carbocycles. The van der Waals surface area contributed by atoms with Crippen LogP contribution in [-0.2, 0) is 9.53 Å². The van der Waals surface area contributed by atoms with Crippen molar-refractivity contribution in [3.8, 4) is 0 Å². The van der Waals surface area contributed by atoms with E-state index in [2.05, 4.69) is 4.74 Å². The highest BCUT2D eigenvalue weighted by Gasteiger charge is 2.97. The molecule has 0 heterocycles. The van der Waals surface area contributed by atoms with Crippen LogP contribution in [-0.4, -0.2) is 71.8 Å². The zero-order valence-electron chi connectivity index (χ0n) is 15.3. The summed E-state index contributed by atoms with van der Waals surface area (Å²) in [5.41, 5.74) is 0. The molecule has 0 atom stereocenters. The fourth-order valence-corrected chi connectivity index (χ4v) is 2.51. The van der Waals surface area contributed by atoms with Gasteiger partial charge in [-0.3, -0.25) is 0 Å². The van der Waals surface area contributed by atoms with Crippen LogP contribution in [0.25, 0.3) is 0 Å². The van der Waals surface area contributed by atoms with E-state index in [1.54, 1.807) is 0 Å². The maximum absolute atomic E-state index is 13.5. The molecule has 0 aliphatic carbocycles. The second-order valence-electron chi connectivity index (χ2n) is 6.28. The maximum atomic E-state index is 13.5. The van der Waals surface area contributed by atoms with E-state index in [1.165, 1.54) is 0 Å². The number of ether oxygens (including phenoxy) is 1. The van der Waals surface area contributed by atoms with Crippen molar-refractivity contribution in [2.75, 3.05) is 6.23 Å². The van der Waals surface area contributed by atoms with Crippen molar-refractivity contribution in [2.45, 2.75) is 53.6 Å². The molecule has 25 heteroatoms. The third-order valence-electron chi connectivity index (χ3n) is 3.74. The lowest BCUT2D eigenvalue weighted by Gasteiger charge is -2.43. The van der Waals surface area contributed by atoms with E-state index in [0.29, 0.717) is 0 Å². The van der Waals surface area contributed by atoms with Crippen LogP contribution in [0.4, 0.5) is 83.4 Å². The fourth-order valence-electron chi connectivity index (χ4n) is 1.73. The Bertz CT molecular complexity index is 833. The summed E-state index contributed by atoms with van der Waals surface area (Å²) in [5, 5.41) is 0. The van der Waals surface area contributed by atoms with Gasteiger partial charge in [-0.1, -0.05) is 0 Å². The summed E-state index contributed by atoms with van der Waals surface area (Å²) in [6.45, 7) is 0. The van der Waals surface area contributed by atoms with Gasteiger partial charge in [0.25, 0.3) is 0 Å². The Balaban J connectivity index is 6.82. The molecule has 0 aliphatic rings. The molecule has 2 nitrogen and oxygen atoms in total. The van der Waals surface area contributed by atoms with Crippen LogP contribution in [0.3, 0.4) is 0 Å². The van der Waals surface area contributed by atoms with Crippen molar-refractivity contribution in [3.05, 3.63) is 0 Å². The molecule has 0 N–H and O–H groups in total. The Kier molecular flexibility index (Phi) is 8.96. The Morgan fingerprint density at radius 3 is 1.00 bits per heavy atom. The van der Waals surface area contributed by atoms with E-state index in [4.69, 9.17) is 33.2 Å². The molecular weight excluding hydrogens is 660 g/mol. The summed E-state index contributed by atoms with van der Waals surface area (Å²) in [5.74, 6) is -73.0. The summed E-state index contributed by atoms with van der Waals surface area (Å²) in [6.07, 6.45) is -9.91. The highest BCUT2D eigenvalue weighted by molar-refractivity contribution is 7.64. The topological polar surface area (TPSA) is 26.3 Å². The Labute approximate surface area is 198 Å². The van der Waals surface area contributed by atoms with E-state index >= 15 is 0 Å². The molecule has 36 heavy (non-hydrogen) atoms. The average molecular weight is 662 g/mol. The van der Waals surface area contributed by atoms with Gasteiger partial charge in [0.1, 0.15) is 6.23 Å². The average Bonchev–Trinajstić information content (AvgIpc) is 2.63. The number of hydrogen-bond donors (Lipinski definition) is 0. The minimum absolute atomic E-state index is 1.93. The fraction of sp³-hybridized carbons (Fsp3) is 0.909. The van der Waals surface area contributed by atoms with Crippen LogP contribution in [0.15, 0.2) is 0 Å². The van der Waals surface area contributed by atoms with Gasteiger partial charge in [-0.25, -0.2) is 4.79 Å². The normalized spacial score (nSPS) is 16.3. The first-order chi connectivity index (χ1) is 15.1. The van der Waals surface area contributed by atoms with Crippen molar-refractivity contribution in [1.82, 2.24) is 0 Å². The molecule has 0 unspecified atom stereocenters. The van der Waals surface area contributed by atoms with Gasteiger partial charge in [0.15, 0.2) is 0 Å². The summed E-state index contributed by atoms with van der Waals surface area (Å²) in [6, 6.07) is -4.46. The monoisotopic (exact) mass is 660 g/mol. The number of carbonyl (C=O) groups excluding carboxylic acids is 1. The Hall–Kier alpha value is -0.773. The Morgan fingerprint density at radius 2 is 0.750 bits per heavy atom. The number of rotatable bonds is 10. The summed E-state index contributed by atoms with van der Waals surface area (Å²) in [7, 11) is 0. The van der Waals surface area contributed by atoms with E-state index < -0.39 is 71.8 Å². The third kappa shape index (κ3) is 4.98. The predicted octanol–water partition coefficient (Wildman–Crippen LogP) is 7.37. The van der Waals surface area contributed by atoms with Gasteiger partial charge in [-0.2, -0.15) is 83.4 Å². The zero-order valence-corrected chi connectivity index (χ0v) is 18.6. The molecule has 0 amide bonds.